The van der Waals surface area contributed by atoms with E-state index in [2.05, 4.69) is 0 Å². The number of hydrogen-bond donors (Lipinski definition) is 3. The number of benzene rings is 1. The summed E-state index contributed by atoms with van der Waals surface area (Å²) in [6.45, 7) is 1.21. The van der Waals surface area contributed by atoms with Crippen LogP contribution in [0, 0.1) is 0 Å². The third-order valence-electron chi connectivity index (χ3n) is 5.49. The van der Waals surface area contributed by atoms with E-state index in [1.165, 1.54) is 29.2 Å². The van der Waals surface area contributed by atoms with E-state index in [-0.39, 0.29) is 77.9 Å². The van der Waals surface area contributed by atoms with E-state index in [1.807, 2.05) is 0 Å². The zero-order valence-corrected chi connectivity index (χ0v) is 18.8. The van der Waals surface area contributed by atoms with Crippen molar-refractivity contribution in [2.75, 3.05) is 72.0 Å². The fraction of sp³-hybridized carbons (Fsp3) is 0.500. The van der Waals surface area contributed by atoms with Crippen molar-refractivity contribution < 1.29 is 39.3 Å². The Kier molecular flexibility index (Phi) is 10.6. The maximum atomic E-state index is 13.1. The molecule has 0 unspecified atom stereocenters. The highest BCUT2D eigenvalue weighted by molar-refractivity contribution is 5.95. The van der Waals surface area contributed by atoms with Crippen LogP contribution in [0.25, 0.3) is 0 Å². The molecule has 0 bridgehead atoms. The lowest BCUT2D eigenvalue weighted by Crippen LogP contribution is -2.49. The standard InChI is InChI=1S/C22H30N4O8/c27-16-17-1-3-18(4-2-17)22(34)26-11-9-24(14-20(30)31)7-5-23(13-19(28)29)6-8-25(10-12-26)15-21(32)33/h1-4,16H,5-15H2,(H,28,29)(H,30,31)(H,32,33). The van der Waals surface area contributed by atoms with Crippen molar-refractivity contribution in [1.82, 2.24) is 19.6 Å². The van der Waals surface area contributed by atoms with Gasteiger partial charge in [-0.1, -0.05) is 12.1 Å². The van der Waals surface area contributed by atoms with Gasteiger partial charge in [0.05, 0.1) is 19.6 Å². The zero-order valence-electron chi connectivity index (χ0n) is 18.8. The van der Waals surface area contributed by atoms with Gasteiger partial charge in [0.2, 0.25) is 0 Å². The lowest BCUT2D eigenvalue weighted by Gasteiger charge is -2.33. The molecule has 0 atom stereocenters. The Labute approximate surface area is 196 Å². The zero-order chi connectivity index (χ0) is 25.1. The molecule has 0 radical (unpaired) electrons. The number of aldehydes is 1. The first kappa shape index (κ1) is 26.9. The summed E-state index contributed by atoms with van der Waals surface area (Å²) in [6.07, 6.45) is 0.672. The first-order valence-electron chi connectivity index (χ1n) is 10.8. The highest BCUT2D eigenvalue weighted by Gasteiger charge is 2.22. The summed E-state index contributed by atoms with van der Waals surface area (Å²) >= 11 is 0. The van der Waals surface area contributed by atoms with Crippen molar-refractivity contribution in [3.05, 3.63) is 35.4 Å². The Bertz CT molecular complexity index is 844. The summed E-state index contributed by atoms with van der Waals surface area (Å²) in [5.74, 6) is -3.41. The van der Waals surface area contributed by atoms with Crippen molar-refractivity contribution in [3.63, 3.8) is 0 Å². The van der Waals surface area contributed by atoms with Gasteiger partial charge in [-0.05, 0) is 12.1 Å². The molecule has 1 aliphatic heterocycles. The van der Waals surface area contributed by atoms with Gasteiger partial charge in [-0.2, -0.15) is 0 Å². The number of rotatable bonds is 8. The molecule has 0 aliphatic carbocycles. The van der Waals surface area contributed by atoms with Crippen LogP contribution in [0.4, 0.5) is 0 Å². The predicted octanol–water partition coefficient (Wildman–Crippen LogP) is -0.885. The van der Waals surface area contributed by atoms with Crippen LogP contribution in [-0.4, -0.2) is 137 Å². The van der Waals surface area contributed by atoms with Crippen LogP contribution < -0.4 is 0 Å². The topological polar surface area (TPSA) is 159 Å². The summed E-state index contributed by atoms with van der Waals surface area (Å²) in [4.78, 5) is 64.4. The number of carbonyl (C=O) groups excluding carboxylic acids is 2. The van der Waals surface area contributed by atoms with Crippen molar-refractivity contribution in [2.24, 2.45) is 0 Å². The van der Waals surface area contributed by atoms with E-state index >= 15 is 0 Å². The van der Waals surface area contributed by atoms with Crippen LogP contribution in [0.2, 0.25) is 0 Å². The Balaban J connectivity index is 2.24. The highest BCUT2D eigenvalue weighted by Crippen LogP contribution is 2.09. The number of carboxylic acids is 3. The molecule has 0 spiro atoms. The first-order valence-corrected chi connectivity index (χ1v) is 10.8. The molecule has 12 heteroatoms. The van der Waals surface area contributed by atoms with Crippen LogP contribution in [0.5, 0.6) is 0 Å². The number of aliphatic carboxylic acids is 3. The fourth-order valence-corrected chi connectivity index (χ4v) is 3.68. The van der Waals surface area contributed by atoms with Crippen LogP contribution in [0.3, 0.4) is 0 Å². The van der Waals surface area contributed by atoms with E-state index < -0.39 is 17.9 Å². The molecule has 1 saturated heterocycles. The van der Waals surface area contributed by atoms with E-state index in [9.17, 15) is 39.3 Å². The second-order valence-corrected chi connectivity index (χ2v) is 8.04. The molecule has 3 N–H and O–H groups in total. The minimum absolute atomic E-state index is 0.196. The summed E-state index contributed by atoms with van der Waals surface area (Å²) < 4.78 is 0. The second kappa shape index (κ2) is 13.4. The van der Waals surface area contributed by atoms with Gasteiger partial charge in [-0.25, -0.2) is 0 Å². The van der Waals surface area contributed by atoms with Gasteiger partial charge in [-0.3, -0.25) is 38.7 Å². The fourth-order valence-electron chi connectivity index (χ4n) is 3.68. The average molecular weight is 479 g/mol. The average Bonchev–Trinajstić information content (AvgIpc) is 2.77. The minimum Gasteiger partial charge on any atom is -0.480 e. The third kappa shape index (κ3) is 9.25. The van der Waals surface area contributed by atoms with Crippen molar-refractivity contribution in [2.45, 2.75) is 0 Å². The molecular formula is C22H30N4O8. The minimum atomic E-state index is -1.04. The Morgan fingerprint density at radius 3 is 1.32 bits per heavy atom. The maximum absolute atomic E-state index is 13.1. The molecule has 1 heterocycles. The van der Waals surface area contributed by atoms with Crippen LogP contribution in [-0.2, 0) is 14.4 Å². The molecule has 1 fully saturated rings. The van der Waals surface area contributed by atoms with E-state index in [1.54, 1.807) is 14.7 Å². The number of hydrogen-bond acceptors (Lipinski definition) is 8. The van der Waals surface area contributed by atoms with E-state index in [0.717, 1.165) is 0 Å². The number of nitrogens with zero attached hydrogens (tertiary/aromatic N) is 4. The molecule has 34 heavy (non-hydrogen) atoms. The molecule has 1 aliphatic rings. The Morgan fingerprint density at radius 1 is 0.647 bits per heavy atom. The predicted molar refractivity (Wildman–Crippen MR) is 120 cm³/mol. The monoisotopic (exact) mass is 478 g/mol. The van der Waals surface area contributed by atoms with E-state index in [4.69, 9.17) is 0 Å². The maximum Gasteiger partial charge on any atom is 0.317 e. The largest absolute Gasteiger partial charge is 0.480 e. The molecule has 1 aromatic carbocycles. The third-order valence-corrected chi connectivity index (χ3v) is 5.49. The molecule has 12 nitrogen and oxygen atoms in total. The summed E-state index contributed by atoms with van der Waals surface area (Å²) in [7, 11) is 0. The van der Waals surface area contributed by atoms with Gasteiger partial charge in [0.1, 0.15) is 6.29 Å². The number of carboxylic acid groups (broad SMARTS) is 3. The molecular weight excluding hydrogens is 448 g/mol. The lowest BCUT2D eigenvalue weighted by atomic mass is 10.1. The van der Waals surface area contributed by atoms with Gasteiger partial charge >= 0.3 is 17.9 Å². The van der Waals surface area contributed by atoms with Crippen molar-refractivity contribution in [1.29, 1.82) is 0 Å². The molecule has 2 rings (SSSR count). The summed E-state index contributed by atoms with van der Waals surface area (Å²) in [6, 6.07) is 6.13. The van der Waals surface area contributed by atoms with Crippen LogP contribution in [0.15, 0.2) is 24.3 Å². The normalized spacial score (nSPS) is 17.4. The SMILES string of the molecule is O=Cc1ccc(C(=O)N2CCN(CC(=O)O)CCN(CC(=O)O)CCN(CC(=O)O)CC2)cc1. The molecule has 1 aromatic rings. The number of carbonyl (C=O) groups is 5. The molecule has 0 aromatic heterocycles. The molecule has 1 amide bonds. The molecule has 0 saturated carbocycles. The highest BCUT2D eigenvalue weighted by atomic mass is 16.4. The van der Waals surface area contributed by atoms with Crippen molar-refractivity contribution >= 4 is 30.1 Å². The van der Waals surface area contributed by atoms with Gasteiger partial charge in [0.15, 0.2) is 0 Å². The van der Waals surface area contributed by atoms with Gasteiger partial charge in [0, 0.05) is 63.5 Å². The van der Waals surface area contributed by atoms with Crippen LogP contribution >= 0.6 is 0 Å². The van der Waals surface area contributed by atoms with Crippen molar-refractivity contribution in [3.8, 4) is 0 Å². The van der Waals surface area contributed by atoms with Gasteiger partial charge in [-0.15, -0.1) is 0 Å². The van der Waals surface area contributed by atoms with E-state index in [0.29, 0.717) is 17.4 Å². The molecule has 186 valence electrons. The Morgan fingerprint density at radius 2 is 1.00 bits per heavy atom. The first-order chi connectivity index (χ1) is 16.2. The summed E-state index contributed by atoms with van der Waals surface area (Å²) in [5, 5.41) is 27.7. The summed E-state index contributed by atoms with van der Waals surface area (Å²) in [5.41, 5.74) is 0.788. The Hall–Kier alpha value is -3.35. The number of amides is 1. The quantitative estimate of drug-likeness (QED) is 0.398. The van der Waals surface area contributed by atoms with Gasteiger partial charge in [0.25, 0.3) is 5.91 Å². The van der Waals surface area contributed by atoms with Crippen LogP contribution in [0.1, 0.15) is 20.7 Å². The lowest BCUT2D eigenvalue weighted by molar-refractivity contribution is -0.140. The second-order valence-electron chi connectivity index (χ2n) is 8.04. The van der Waals surface area contributed by atoms with Gasteiger partial charge < -0.3 is 20.2 Å². The smallest absolute Gasteiger partial charge is 0.317 e.